The Kier molecular flexibility index (Phi) is 6.01. The molecule has 20 heavy (non-hydrogen) atoms. The molecule has 1 aromatic carbocycles. The molecule has 0 aliphatic rings. The van der Waals surface area contributed by atoms with Crippen LogP contribution in [0.3, 0.4) is 0 Å². The molecule has 0 fully saturated rings. The van der Waals surface area contributed by atoms with E-state index in [-0.39, 0.29) is 0 Å². The fourth-order valence-electron chi connectivity index (χ4n) is 1.47. The Morgan fingerprint density at radius 1 is 0.800 bits per heavy atom. The summed E-state index contributed by atoms with van der Waals surface area (Å²) in [6.07, 6.45) is 8.76. The predicted molar refractivity (Wildman–Crippen MR) is 84.6 cm³/mol. The molecule has 0 spiro atoms. The first-order chi connectivity index (χ1) is 9.97. The summed E-state index contributed by atoms with van der Waals surface area (Å²) in [6, 6.07) is 14.2. The van der Waals surface area contributed by atoms with Crippen molar-refractivity contribution in [2.75, 3.05) is 0 Å². The Bertz CT molecular complexity index is 550. The van der Waals surface area contributed by atoms with Gasteiger partial charge in [-0.15, -0.1) is 0 Å². The molecule has 0 radical (unpaired) electrons. The third kappa shape index (κ3) is 5.04. The van der Waals surface area contributed by atoms with Crippen LogP contribution in [-0.4, -0.2) is 15.0 Å². The van der Waals surface area contributed by atoms with Crippen LogP contribution in [0.5, 0.6) is 0 Å². The van der Waals surface area contributed by atoms with Crippen LogP contribution in [0.25, 0.3) is 10.8 Å². The summed E-state index contributed by atoms with van der Waals surface area (Å²) in [7, 11) is 0. The maximum atomic E-state index is 4.01. The van der Waals surface area contributed by atoms with Crippen LogP contribution in [0.2, 0.25) is 0 Å². The maximum absolute atomic E-state index is 4.01. The van der Waals surface area contributed by atoms with Gasteiger partial charge in [-0.2, -0.15) is 11.3 Å². The summed E-state index contributed by atoms with van der Waals surface area (Å²) in [6.45, 7) is 0. The Hall–Kier alpha value is -2.46. The Morgan fingerprint density at radius 3 is 2.10 bits per heavy atom. The standard InChI is InChI=1S/C9H7N.C4H4S.C3H4N2/c1-2-4-9-7-10-6-5-8(9)3-1;1-2-4-5-3-1;1-2-5-3-4-1/h1-7H;1-4H;1-3H,(H,4,5). The quantitative estimate of drug-likeness (QED) is 0.519. The lowest BCUT2D eigenvalue weighted by molar-refractivity contribution is 1.31. The highest BCUT2D eigenvalue weighted by Crippen LogP contribution is 2.09. The van der Waals surface area contributed by atoms with E-state index in [0.29, 0.717) is 0 Å². The van der Waals surface area contributed by atoms with E-state index < -0.39 is 0 Å². The molecule has 4 rings (SSSR count). The monoisotopic (exact) mass is 281 g/mol. The fourth-order valence-corrected chi connectivity index (χ4v) is 1.92. The Morgan fingerprint density at radius 2 is 1.60 bits per heavy atom. The largest absolute Gasteiger partial charge is 0.351 e. The predicted octanol–water partition coefficient (Wildman–Crippen LogP) is 4.39. The molecule has 0 unspecified atom stereocenters. The first kappa shape index (κ1) is 14.0. The molecule has 3 nitrogen and oxygen atoms in total. The lowest BCUT2D eigenvalue weighted by atomic mass is 10.2. The van der Waals surface area contributed by atoms with Crippen molar-refractivity contribution in [3.05, 3.63) is 84.3 Å². The first-order valence-corrected chi connectivity index (χ1v) is 7.10. The van der Waals surface area contributed by atoms with Gasteiger partial charge in [0.25, 0.3) is 0 Å². The molecule has 4 heteroatoms. The number of fused-ring (bicyclic) bond motifs is 1. The topological polar surface area (TPSA) is 41.6 Å². The summed E-state index contributed by atoms with van der Waals surface area (Å²) in [5.74, 6) is 0. The highest BCUT2D eigenvalue weighted by Gasteiger charge is 1.86. The van der Waals surface area contributed by atoms with Crippen molar-refractivity contribution in [2.45, 2.75) is 0 Å². The van der Waals surface area contributed by atoms with Crippen LogP contribution in [0, 0.1) is 0 Å². The van der Waals surface area contributed by atoms with E-state index in [9.17, 15) is 0 Å². The minimum Gasteiger partial charge on any atom is -0.351 e. The van der Waals surface area contributed by atoms with Crippen molar-refractivity contribution in [1.29, 1.82) is 0 Å². The highest BCUT2D eigenvalue weighted by molar-refractivity contribution is 7.07. The zero-order valence-corrected chi connectivity index (χ0v) is 11.7. The summed E-state index contributed by atoms with van der Waals surface area (Å²) in [4.78, 5) is 10.4. The third-order valence-electron chi connectivity index (χ3n) is 2.38. The molecular weight excluding hydrogens is 266 g/mol. The van der Waals surface area contributed by atoms with Gasteiger partial charge in [0.2, 0.25) is 0 Å². The maximum Gasteiger partial charge on any atom is 0.0919 e. The van der Waals surface area contributed by atoms with Gasteiger partial charge in [-0.25, -0.2) is 4.98 Å². The highest BCUT2D eigenvalue weighted by atomic mass is 32.1. The van der Waals surface area contributed by atoms with Crippen molar-refractivity contribution in [2.24, 2.45) is 0 Å². The van der Waals surface area contributed by atoms with Gasteiger partial charge >= 0.3 is 0 Å². The zero-order chi connectivity index (χ0) is 13.9. The van der Waals surface area contributed by atoms with Crippen LogP contribution in [0.15, 0.2) is 84.3 Å². The van der Waals surface area contributed by atoms with Crippen molar-refractivity contribution in [1.82, 2.24) is 15.0 Å². The van der Waals surface area contributed by atoms with Gasteiger partial charge in [0.1, 0.15) is 0 Å². The van der Waals surface area contributed by atoms with Crippen molar-refractivity contribution < 1.29 is 0 Å². The zero-order valence-electron chi connectivity index (χ0n) is 10.9. The van der Waals surface area contributed by atoms with E-state index in [0.717, 1.165) is 0 Å². The minimum atomic E-state index is 1.20. The molecule has 4 aromatic rings. The number of nitrogens with zero attached hydrogens (tertiary/aromatic N) is 2. The second-order valence-electron chi connectivity index (χ2n) is 3.78. The average Bonchev–Trinajstić information content (AvgIpc) is 3.25. The van der Waals surface area contributed by atoms with Gasteiger partial charge in [-0.3, -0.25) is 4.98 Å². The van der Waals surface area contributed by atoms with Gasteiger partial charge in [-0.1, -0.05) is 36.4 Å². The van der Waals surface area contributed by atoms with E-state index in [4.69, 9.17) is 0 Å². The second kappa shape index (κ2) is 8.61. The summed E-state index contributed by atoms with van der Waals surface area (Å²) in [5.41, 5.74) is 0. The second-order valence-corrected chi connectivity index (χ2v) is 4.59. The number of rotatable bonds is 0. The van der Waals surface area contributed by atoms with E-state index in [1.807, 2.05) is 53.5 Å². The number of aromatic amines is 1. The smallest absolute Gasteiger partial charge is 0.0919 e. The fraction of sp³-hybridized carbons (Fsp3) is 0. The van der Waals surface area contributed by atoms with Gasteiger partial charge in [0.05, 0.1) is 6.33 Å². The number of aromatic nitrogens is 3. The van der Waals surface area contributed by atoms with E-state index in [1.54, 1.807) is 30.1 Å². The normalized spacial score (nSPS) is 9.00. The minimum absolute atomic E-state index is 1.20. The Balaban J connectivity index is 0.000000124. The van der Waals surface area contributed by atoms with Gasteiger partial charge < -0.3 is 4.98 Å². The summed E-state index contributed by atoms with van der Waals surface area (Å²) >= 11 is 1.71. The number of hydrogen-bond donors (Lipinski definition) is 1. The van der Waals surface area contributed by atoms with Crippen molar-refractivity contribution in [3.8, 4) is 0 Å². The van der Waals surface area contributed by atoms with Crippen molar-refractivity contribution >= 4 is 22.1 Å². The molecule has 3 heterocycles. The molecular formula is C16H15N3S. The average molecular weight is 281 g/mol. The molecule has 0 bridgehead atoms. The molecule has 1 N–H and O–H groups in total. The lowest BCUT2D eigenvalue weighted by Crippen LogP contribution is -1.71. The molecule has 0 atom stereocenters. The Labute approximate surface area is 122 Å². The van der Waals surface area contributed by atoms with Crippen LogP contribution < -0.4 is 0 Å². The molecule has 3 aromatic heterocycles. The lowest BCUT2D eigenvalue weighted by Gasteiger charge is -1.91. The number of nitrogens with one attached hydrogen (secondary N) is 1. The van der Waals surface area contributed by atoms with Crippen LogP contribution >= 0.6 is 11.3 Å². The summed E-state index contributed by atoms with van der Waals surface area (Å²) in [5, 5.41) is 6.53. The number of imidazole rings is 1. The molecule has 0 aliphatic heterocycles. The first-order valence-electron chi connectivity index (χ1n) is 6.15. The van der Waals surface area contributed by atoms with Gasteiger partial charge in [-0.05, 0) is 27.6 Å². The molecule has 0 amide bonds. The molecule has 0 saturated carbocycles. The number of H-pyrrole nitrogens is 1. The van der Waals surface area contributed by atoms with Crippen LogP contribution in [0.4, 0.5) is 0 Å². The van der Waals surface area contributed by atoms with Crippen molar-refractivity contribution in [3.63, 3.8) is 0 Å². The van der Waals surface area contributed by atoms with E-state index in [1.165, 1.54) is 10.8 Å². The molecule has 0 aliphatic carbocycles. The summed E-state index contributed by atoms with van der Waals surface area (Å²) < 4.78 is 0. The van der Waals surface area contributed by atoms with Gasteiger partial charge in [0.15, 0.2) is 0 Å². The van der Waals surface area contributed by atoms with Crippen LogP contribution in [0.1, 0.15) is 0 Å². The molecule has 100 valence electrons. The number of benzene rings is 1. The molecule has 0 saturated heterocycles. The van der Waals surface area contributed by atoms with E-state index >= 15 is 0 Å². The van der Waals surface area contributed by atoms with Crippen LogP contribution in [-0.2, 0) is 0 Å². The third-order valence-corrected chi connectivity index (χ3v) is 3.01. The number of thiophene rings is 1. The SMILES string of the molecule is c1c[nH]cn1.c1ccc2cnccc2c1.c1ccsc1. The van der Waals surface area contributed by atoms with Gasteiger partial charge in [0, 0.05) is 24.8 Å². The van der Waals surface area contributed by atoms with E-state index in [2.05, 4.69) is 27.1 Å². The number of pyridine rings is 1. The number of hydrogen-bond acceptors (Lipinski definition) is 3.